The van der Waals surface area contributed by atoms with E-state index in [1.165, 1.54) is 28.5 Å². The first-order valence-electron chi connectivity index (χ1n) is 3.45. The quantitative estimate of drug-likeness (QED) is 0.777. The van der Waals surface area contributed by atoms with Gasteiger partial charge in [0.1, 0.15) is 5.69 Å². The lowest BCUT2D eigenvalue weighted by Gasteiger charge is -1.96. The Labute approximate surface area is 77.2 Å². The second kappa shape index (κ2) is 2.98. The van der Waals surface area contributed by atoms with Crippen LogP contribution in [0.2, 0.25) is 0 Å². The maximum absolute atomic E-state index is 10.7. The van der Waals surface area contributed by atoms with Gasteiger partial charge in [-0.1, -0.05) is 0 Å². The minimum atomic E-state index is -0.964. The SMILES string of the molecule is O=C(O)c1cscc1-n1nccn1. The molecule has 1 N–H and O–H groups in total. The number of rotatable bonds is 2. The van der Waals surface area contributed by atoms with Crippen LogP contribution in [0.5, 0.6) is 0 Å². The zero-order chi connectivity index (χ0) is 9.26. The zero-order valence-electron chi connectivity index (χ0n) is 6.41. The molecule has 2 aromatic heterocycles. The van der Waals surface area contributed by atoms with Crippen molar-refractivity contribution in [3.05, 3.63) is 28.7 Å². The lowest BCUT2D eigenvalue weighted by Crippen LogP contribution is -2.04. The summed E-state index contributed by atoms with van der Waals surface area (Å²) >= 11 is 1.31. The van der Waals surface area contributed by atoms with E-state index in [9.17, 15) is 4.79 Å². The smallest absolute Gasteiger partial charge is 0.338 e. The van der Waals surface area contributed by atoms with Gasteiger partial charge in [-0.25, -0.2) is 4.79 Å². The number of thiophene rings is 1. The molecule has 0 fully saturated rings. The van der Waals surface area contributed by atoms with Crippen LogP contribution >= 0.6 is 11.3 Å². The molecule has 0 spiro atoms. The van der Waals surface area contributed by atoms with Crippen molar-refractivity contribution in [1.82, 2.24) is 15.0 Å². The summed E-state index contributed by atoms with van der Waals surface area (Å²) in [5, 5.41) is 19.7. The Morgan fingerprint density at radius 2 is 2.08 bits per heavy atom. The molecule has 0 atom stereocenters. The Morgan fingerprint density at radius 3 is 2.69 bits per heavy atom. The number of aromatic carboxylic acids is 1. The first-order chi connectivity index (χ1) is 6.29. The first kappa shape index (κ1) is 7.93. The van der Waals surface area contributed by atoms with E-state index in [1.807, 2.05) is 0 Å². The minimum absolute atomic E-state index is 0.223. The molecule has 0 aliphatic rings. The van der Waals surface area contributed by atoms with Gasteiger partial charge in [0.05, 0.1) is 18.0 Å². The van der Waals surface area contributed by atoms with Gasteiger partial charge in [0.15, 0.2) is 0 Å². The number of hydrogen-bond donors (Lipinski definition) is 1. The van der Waals surface area contributed by atoms with Gasteiger partial charge in [-0.15, -0.1) is 16.1 Å². The van der Waals surface area contributed by atoms with E-state index in [0.29, 0.717) is 5.69 Å². The number of carboxylic acids is 1. The molecule has 0 aliphatic carbocycles. The number of nitrogens with zero attached hydrogens (tertiary/aromatic N) is 3. The molecular weight excluding hydrogens is 190 g/mol. The molecule has 13 heavy (non-hydrogen) atoms. The predicted octanol–water partition coefficient (Wildman–Crippen LogP) is 1.03. The summed E-state index contributed by atoms with van der Waals surface area (Å²) < 4.78 is 0. The molecule has 2 rings (SSSR count). The molecule has 66 valence electrons. The molecule has 0 saturated carbocycles. The van der Waals surface area contributed by atoms with E-state index < -0.39 is 5.97 Å². The van der Waals surface area contributed by atoms with Crippen LogP contribution in [-0.4, -0.2) is 26.1 Å². The highest BCUT2D eigenvalue weighted by Crippen LogP contribution is 2.17. The molecule has 0 radical (unpaired) electrons. The third kappa shape index (κ3) is 1.31. The highest BCUT2D eigenvalue weighted by atomic mass is 32.1. The number of carboxylic acid groups (broad SMARTS) is 1. The van der Waals surface area contributed by atoms with Crippen molar-refractivity contribution in [3.8, 4) is 5.69 Å². The molecule has 6 heteroatoms. The van der Waals surface area contributed by atoms with Gasteiger partial charge in [0.2, 0.25) is 0 Å². The molecule has 0 bridgehead atoms. The maximum Gasteiger partial charge on any atom is 0.338 e. The van der Waals surface area contributed by atoms with Crippen LogP contribution in [0.4, 0.5) is 0 Å². The summed E-state index contributed by atoms with van der Waals surface area (Å²) in [6, 6.07) is 0. The number of hydrogen-bond acceptors (Lipinski definition) is 4. The van der Waals surface area contributed by atoms with Crippen LogP contribution in [0.15, 0.2) is 23.2 Å². The molecule has 0 aliphatic heterocycles. The Hall–Kier alpha value is -1.69. The van der Waals surface area contributed by atoms with Gasteiger partial charge >= 0.3 is 5.97 Å². The van der Waals surface area contributed by atoms with Gasteiger partial charge in [0, 0.05) is 10.8 Å². The van der Waals surface area contributed by atoms with Crippen LogP contribution < -0.4 is 0 Å². The first-order valence-corrected chi connectivity index (χ1v) is 4.39. The van der Waals surface area contributed by atoms with Gasteiger partial charge in [0.25, 0.3) is 0 Å². The summed E-state index contributed by atoms with van der Waals surface area (Å²) in [4.78, 5) is 12.0. The summed E-state index contributed by atoms with van der Waals surface area (Å²) in [5.41, 5.74) is 0.726. The van der Waals surface area contributed by atoms with Gasteiger partial charge in [-0.05, 0) is 0 Å². The van der Waals surface area contributed by atoms with E-state index in [2.05, 4.69) is 10.2 Å². The fourth-order valence-electron chi connectivity index (χ4n) is 0.945. The molecule has 2 heterocycles. The van der Waals surface area contributed by atoms with E-state index in [-0.39, 0.29) is 5.56 Å². The lowest BCUT2D eigenvalue weighted by molar-refractivity contribution is 0.0697. The average molecular weight is 195 g/mol. The van der Waals surface area contributed by atoms with Crippen molar-refractivity contribution in [3.63, 3.8) is 0 Å². The molecule has 0 saturated heterocycles. The summed E-state index contributed by atoms with van der Waals surface area (Å²) in [7, 11) is 0. The molecular formula is C7H5N3O2S. The summed E-state index contributed by atoms with van der Waals surface area (Å²) in [6.45, 7) is 0. The van der Waals surface area contributed by atoms with E-state index in [4.69, 9.17) is 5.11 Å². The highest BCUT2D eigenvalue weighted by Gasteiger charge is 2.13. The summed E-state index contributed by atoms with van der Waals surface area (Å²) in [6.07, 6.45) is 3.01. The average Bonchev–Trinajstić information content (AvgIpc) is 2.74. The number of carbonyl (C=O) groups is 1. The van der Waals surface area contributed by atoms with Crippen molar-refractivity contribution in [1.29, 1.82) is 0 Å². The molecule has 0 amide bonds. The molecule has 0 aromatic carbocycles. The zero-order valence-corrected chi connectivity index (χ0v) is 7.23. The van der Waals surface area contributed by atoms with Gasteiger partial charge in [-0.3, -0.25) is 0 Å². The van der Waals surface area contributed by atoms with Crippen LogP contribution in [0.25, 0.3) is 5.69 Å². The lowest BCUT2D eigenvalue weighted by atomic mass is 10.3. The Morgan fingerprint density at radius 1 is 1.38 bits per heavy atom. The molecule has 0 unspecified atom stereocenters. The largest absolute Gasteiger partial charge is 0.478 e. The number of aromatic nitrogens is 3. The minimum Gasteiger partial charge on any atom is -0.478 e. The Bertz CT molecular complexity index is 421. The molecule has 2 aromatic rings. The van der Waals surface area contributed by atoms with Crippen molar-refractivity contribution in [2.24, 2.45) is 0 Å². The van der Waals surface area contributed by atoms with Crippen molar-refractivity contribution < 1.29 is 9.90 Å². The molecule has 5 nitrogen and oxygen atoms in total. The fourth-order valence-corrected chi connectivity index (χ4v) is 1.72. The third-order valence-corrected chi connectivity index (χ3v) is 2.24. The fraction of sp³-hybridized carbons (Fsp3) is 0. The van der Waals surface area contributed by atoms with Gasteiger partial charge < -0.3 is 5.11 Å². The van der Waals surface area contributed by atoms with E-state index >= 15 is 0 Å². The van der Waals surface area contributed by atoms with E-state index in [0.717, 1.165) is 0 Å². The van der Waals surface area contributed by atoms with Crippen molar-refractivity contribution >= 4 is 17.3 Å². The van der Waals surface area contributed by atoms with E-state index in [1.54, 1.807) is 10.8 Å². The van der Waals surface area contributed by atoms with Crippen LogP contribution in [0, 0.1) is 0 Å². The second-order valence-corrected chi connectivity index (χ2v) is 3.04. The Balaban J connectivity index is 2.52. The Kier molecular flexibility index (Phi) is 1.82. The maximum atomic E-state index is 10.7. The standard InChI is InChI=1S/C7H5N3O2S/c11-7(12)5-3-13-4-6(5)10-8-1-2-9-10/h1-4H,(H,11,12). The third-order valence-electron chi connectivity index (χ3n) is 1.51. The topological polar surface area (TPSA) is 68.0 Å². The van der Waals surface area contributed by atoms with Crippen LogP contribution in [0.3, 0.4) is 0 Å². The van der Waals surface area contributed by atoms with Gasteiger partial charge in [-0.2, -0.15) is 10.2 Å². The van der Waals surface area contributed by atoms with Crippen molar-refractivity contribution in [2.75, 3.05) is 0 Å². The predicted molar refractivity (Wildman–Crippen MR) is 46.2 cm³/mol. The highest BCUT2D eigenvalue weighted by molar-refractivity contribution is 7.08. The monoisotopic (exact) mass is 195 g/mol. The second-order valence-electron chi connectivity index (χ2n) is 2.29. The van der Waals surface area contributed by atoms with Crippen molar-refractivity contribution in [2.45, 2.75) is 0 Å². The van der Waals surface area contributed by atoms with Crippen LogP contribution in [0.1, 0.15) is 10.4 Å². The normalized spacial score (nSPS) is 10.2. The summed E-state index contributed by atoms with van der Waals surface area (Å²) in [5.74, 6) is -0.964. The van der Waals surface area contributed by atoms with Crippen LogP contribution in [-0.2, 0) is 0 Å².